The lowest BCUT2D eigenvalue weighted by molar-refractivity contribution is 0.177. The van der Waals surface area contributed by atoms with Gasteiger partial charge in [-0.3, -0.25) is 0 Å². The average Bonchev–Trinajstić information content (AvgIpc) is 2.92. The Morgan fingerprint density at radius 2 is 2.37 bits per heavy atom. The van der Waals surface area contributed by atoms with Crippen molar-refractivity contribution in [3.05, 3.63) is 30.1 Å². The summed E-state index contributed by atoms with van der Waals surface area (Å²) in [5, 5.41) is 3.52. The van der Waals surface area contributed by atoms with Gasteiger partial charge in [0, 0.05) is 37.8 Å². The van der Waals surface area contributed by atoms with Crippen molar-refractivity contribution >= 4 is 5.69 Å². The number of rotatable bonds is 6. The molecular formula is C15H23FN2O. The van der Waals surface area contributed by atoms with Gasteiger partial charge in [0.2, 0.25) is 0 Å². The summed E-state index contributed by atoms with van der Waals surface area (Å²) in [6.45, 7) is 5.61. The molecule has 1 aromatic rings. The van der Waals surface area contributed by atoms with Crippen molar-refractivity contribution in [3.8, 4) is 0 Å². The molecule has 1 aliphatic rings. The second-order valence-electron chi connectivity index (χ2n) is 5.15. The monoisotopic (exact) mass is 266 g/mol. The highest BCUT2D eigenvalue weighted by molar-refractivity contribution is 5.45. The third kappa shape index (κ3) is 3.91. The van der Waals surface area contributed by atoms with Crippen molar-refractivity contribution in [1.82, 2.24) is 5.32 Å². The third-order valence-electron chi connectivity index (χ3n) is 3.72. The number of nitrogens with one attached hydrogen (secondary N) is 1. The van der Waals surface area contributed by atoms with E-state index in [9.17, 15) is 4.39 Å². The van der Waals surface area contributed by atoms with Crippen LogP contribution in [0.2, 0.25) is 0 Å². The van der Waals surface area contributed by atoms with Crippen LogP contribution in [0.25, 0.3) is 0 Å². The van der Waals surface area contributed by atoms with Crippen LogP contribution in [0.3, 0.4) is 0 Å². The lowest BCUT2D eigenvalue weighted by Crippen LogP contribution is -2.45. The van der Waals surface area contributed by atoms with Crippen LogP contribution >= 0.6 is 0 Å². The highest BCUT2D eigenvalue weighted by atomic mass is 19.1. The molecule has 0 radical (unpaired) electrons. The average molecular weight is 266 g/mol. The Morgan fingerprint density at radius 1 is 1.53 bits per heavy atom. The minimum atomic E-state index is -0.187. The Morgan fingerprint density at radius 3 is 3.00 bits per heavy atom. The molecule has 1 N–H and O–H groups in total. The summed E-state index contributed by atoms with van der Waals surface area (Å²) in [5.74, 6) is 0.365. The minimum absolute atomic E-state index is 0.187. The van der Waals surface area contributed by atoms with Gasteiger partial charge in [0.25, 0.3) is 0 Å². The fourth-order valence-corrected chi connectivity index (χ4v) is 2.63. The number of benzene rings is 1. The number of hydrogen-bond donors (Lipinski definition) is 1. The van der Waals surface area contributed by atoms with Crippen molar-refractivity contribution in [2.24, 2.45) is 5.92 Å². The maximum Gasteiger partial charge on any atom is 0.125 e. The quantitative estimate of drug-likeness (QED) is 0.855. The summed E-state index contributed by atoms with van der Waals surface area (Å²) in [6, 6.07) is 7.14. The standard InChI is InChI=1S/C15H23FN2O/c1-3-17-15(12-7-8-19-11-12)10-18(2)14-6-4-5-13(16)9-14/h4-6,9,12,15,17H,3,7-8,10-11H2,1-2H3. The molecule has 0 amide bonds. The maximum absolute atomic E-state index is 13.3. The van der Waals surface area contributed by atoms with Crippen LogP contribution in [-0.2, 0) is 4.74 Å². The zero-order valence-corrected chi connectivity index (χ0v) is 11.7. The van der Waals surface area contributed by atoms with Gasteiger partial charge in [0.1, 0.15) is 5.82 Å². The SMILES string of the molecule is CCNC(CN(C)c1cccc(F)c1)C1CCOC1. The van der Waals surface area contributed by atoms with Gasteiger partial charge >= 0.3 is 0 Å². The molecule has 2 atom stereocenters. The number of hydrogen-bond acceptors (Lipinski definition) is 3. The molecule has 3 nitrogen and oxygen atoms in total. The lowest BCUT2D eigenvalue weighted by Gasteiger charge is -2.29. The van der Waals surface area contributed by atoms with Crippen LogP contribution < -0.4 is 10.2 Å². The molecule has 0 saturated carbocycles. The first kappa shape index (κ1) is 14.3. The molecule has 0 aromatic heterocycles. The summed E-state index contributed by atoms with van der Waals surface area (Å²) in [5.41, 5.74) is 0.918. The summed E-state index contributed by atoms with van der Waals surface area (Å²) in [4.78, 5) is 2.11. The van der Waals surface area contributed by atoms with Gasteiger partial charge in [-0.05, 0) is 31.2 Å². The number of ether oxygens (including phenoxy) is 1. The van der Waals surface area contributed by atoms with Crippen LogP contribution in [0.4, 0.5) is 10.1 Å². The molecule has 2 unspecified atom stereocenters. The molecule has 0 spiro atoms. The predicted octanol–water partition coefficient (Wildman–Crippen LogP) is 2.28. The van der Waals surface area contributed by atoms with Gasteiger partial charge < -0.3 is 15.0 Å². The van der Waals surface area contributed by atoms with E-state index >= 15 is 0 Å². The Balaban J connectivity index is 1.99. The fraction of sp³-hybridized carbons (Fsp3) is 0.600. The molecular weight excluding hydrogens is 243 g/mol. The van der Waals surface area contributed by atoms with Gasteiger partial charge in [-0.1, -0.05) is 13.0 Å². The highest BCUT2D eigenvalue weighted by Crippen LogP contribution is 2.20. The van der Waals surface area contributed by atoms with E-state index in [1.54, 1.807) is 12.1 Å². The smallest absolute Gasteiger partial charge is 0.125 e. The fourth-order valence-electron chi connectivity index (χ4n) is 2.63. The van der Waals surface area contributed by atoms with Crippen molar-refractivity contribution in [2.45, 2.75) is 19.4 Å². The van der Waals surface area contributed by atoms with Gasteiger partial charge in [-0.25, -0.2) is 4.39 Å². The van der Waals surface area contributed by atoms with Gasteiger partial charge in [0.15, 0.2) is 0 Å². The lowest BCUT2D eigenvalue weighted by atomic mass is 9.98. The Hall–Kier alpha value is -1.13. The van der Waals surface area contributed by atoms with Crippen molar-refractivity contribution in [3.63, 3.8) is 0 Å². The molecule has 1 fully saturated rings. The normalized spacial score (nSPS) is 20.5. The summed E-state index contributed by atoms with van der Waals surface area (Å²) >= 11 is 0. The third-order valence-corrected chi connectivity index (χ3v) is 3.72. The van der Waals surface area contributed by atoms with Crippen LogP contribution in [0.5, 0.6) is 0 Å². The summed E-state index contributed by atoms with van der Waals surface area (Å²) < 4.78 is 18.7. The van der Waals surface area contributed by atoms with Crippen LogP contribution in [-0.4, -0.2) is 39.4 Å². The molecule has 1 heterocycles. The molecule has 1 saturated heterocycles. The zero-order chi connectivity index (χ0) is 13.7. The van der Waals surface area contributed by atoms with E-state index in [1.165, 1.54) is 6.07 Å². The van der Waals surface area contributed by atoms with E-state index < -0.39 is 0 Å². The largest absolute Gasteiger partial charge is 0.381 e. The summed E-state index contributed by atoms with van der Waals surface area (Å²) in [6.07, 6.45) is 1.11. The molecule has 19 heavy (non-hydrogen) atoms. The van der Waals surface area contributed by atoms with Crippen molar-refractivity contribution in [2.75, 3.05) is 38.3 Å². The second kappa shape index (κ2) is 6.87. The number of anilines is 1. The Bertz CT molecular complexity index is 393. The van der Waals surface area contributed by atoms with Crippen LogP contribution in [0.15, 0.2) is 24.3 Å². The van der Waals surface area contributed by atoms with E-state index in [4.69, 9.17) is 4.74 Å². The zero-order valence-electron chi connectivity index (χ0n) is 11.7. The topological polar surface area (TPSA) is 24.5 Å². The van der Waals surface area contributed by atoms with Crippen LogP contribution in [0.1, 0.15) is 13.3 Å². The summed E-state index contributed by atoms with van der Waals surface area (Å²) in [7, 11) is 2.01. The van der Waals surface area contributed by atoms with Gasteiger partial charge in [-0.15, -0.1) is 0 Å². The van der Waals surface area contributed by atoms with Crippen molar-refractivity contribution < 1.29 is 9.13 Å². The maximum atomic E-state index is 13.3. The van der Waals surface area contributed by atoms with Crippen molar-refractivity contribution in [1.29, 1.82) is 0 Å². The van der Waals surface area contributed by atoms with E-state index in [-0.39, 0.29) is 5.82 Å². The first-order valence-electron chi connectivity index (χ1n) is 6.98. The van der Waals surface area contributed by atoms with Crippen LogP contribution in [0, 0.1) is 11.7 Å². The molecule has 0 bridgehead atoms. The molecule has 106 valence electrons. The molecule has 4 heteroatoms. The molecule has 1 aliphatic heterocycles. The Labute approximate surface area is 114 Å². The molecule has 1 aromatic carbocycles. The van der Waals surface area contributed by atoms with E-state index in [0.717, 1.165) is 38.4 Å². The molecule has 0 aliphatic carbocycles. The van der Waals surface area contributed by atoms with Gasteiger partial charge in [-0.2, -0.15) is 0 Å². The second-order valence-corrected chi connectivity index (χ2v) is 5.15. The Kier molecular flexibility index (Phi) is 5.16. The number of likely N-dealkylation sites (N-methyl/N-ethyl adjacent to an activating group) is 2. The molecule has 2 rings (SSSR count). The first-order valence-corrected chi connectivity index (χ1v) is 6.98. The first-order chi connectivity index (χ1) is 9.20. The van der Waals surface area contributed by atoms with E-state index in [1.807, 2.05) is 13.1 Å². The minimum Gasteiger partial charge on any atom is -0.381 e. The highest BCUT2D eigenvalue weighted by Gasteiger charge is 2.26. The number of halogens is 1. The van der Waals surface area contributed by atoms with E-state index in [0.29, 0.717) is 12.0 Å². The predicted molar refractivity (Wildman–Crippen MR) is 76.1 cm³/mol. The van der Waals surface area contributed by atoms with E-state index in [2.05, 4.69) is 17.1 Å². The number of nitrogens with zero attached hydrogens (tertiary/aromatic N) is 1. The van der Waals surface area contributed by atoms with Gasteiger partial charge in [0.05, 0.1) is 6.61 Å².